The zero-order chi connectivity index (χ0) is 16.6. The van der Waals surface area contributed by atoms with Crippen LogP contribution in [-0.4, -0.2) is 50.0 Å². The fourth-order valence-corrected chi connectivity index (χ4v) is 3.76. The van der Waals surface area contributed by atoms with Crippen LogP contribution in [0.15, 0.2) is 28.8 Å². The third kappa shape index (κ3) is 3.23. The fraction of sp³-hybridized carbons (Fsp3) is 0.438. The smallest absolute Gasteiger partial charge is 0.173 e. The Hall–Kier alpha value is -1.54. The molecule has 0 aliphatic carbocycles. The van der Waals surface area contributed by atoms with Gasteiger partial charge in [-0.3, -0.25) is 0 Å². The first-order chi connectivity index (χ1) is 11.0. The Kier molecular flexibility index (Phi) is 4.63. The van der Waals surface area contributed by atoms with Gasteiger partial charge in [0.15, 0.2) is 5.44 Å². The SMILES string of the molecule is Cc1noc(C)c1-c1cccc(O[C@H]2SC[C@@H](O)[C@H](O)[C@H]2O)c1. The first kappa shape index (κ1) is 16.3. The third-order valence-electron chi connectivity index (χ3n) is 3.86. The van der Waals surface area contributed by atoms with Gasteiger partial charge in [-0.1, -0.05) is 17.3 Å². The summed E-state index contributed by atoms with van der Waals surface area (Å²) in [4.78, 5) is 0. The van der Waals surface area contributed by atoms with Crippen LogP contribution in [0.5, 0.6) is 5.75 Å². The summed E-state index contributed by atoms with van der Waals surface area (Å²) in [5, 5.41) is 33.3. The average molecular weight is 337 g/mol. The van der Waals surface area contributed by atoms with Crippen molar-refractivity contribution >= 4 is 11.8 Å². The summed E-state index contributed by atoms with van der Waals surface area (Å²) in [7, 11) is 0. The first-order valence-electron chi connectivity index (χ1n) is 7.33. The molecule has 1 aliphatic heterocycles. The minimum absolute atomic E-state index is 0.312. The molecule has 1 saturated heterocycles. The Balaban J connectivity index is 1.81. The number of nitrogens with zero attached hydrogens (tertiary/aromatic N) is 1. The number of rotatable bonds is 3. The Morgan fingerprint density at radius 3 is 2.70 bits per heavy atom. The van der Waals surface area contributed by atoms with E-state index in [1.54, 1.807) is 6.07 Å². The maximum atomic E-state index is 10.0. The maximum absolute atomic E-state index is 10.0. The first-order valence-corrected chi connectivity index (χ1v) is 8.38. The van der Waals surface area contributed by atoms with Gasteiger partial charge in [0, 0.05) is 11.3 Å². The molecule has 1 aromatic carbocycles. The highest BCUT2D eigenvalue weighted by Gasteiger charge is 2.38. The lowest BCUT2D eigenvalue weighted by Gasteiger charge is -2.34. The Morgan fingerprint density at radius 1 is 1.22 bits per heavy atom. The second-order valence-electron chi connectivity index (χ2n) is 5.60. The lowest BCUT2D eigenvalue weighted by Crippen LogP contribution is -2.50. The van der Waals surface area contributed by atoms with E-state index in [0.717, 1.165) is 22.6 Å². The number of aromatic nitrogens is 1. The molecule has 23 heavy (non-hydrogen) atoms. The number of aliphatic hydroxyl groups is 3. The molecular weight excluding hydrogens is 318 g/mol. The Bertz CT molecular complexity index is 669. The molecule has 0 unspecified atom stereocenters. The average Bonchev–Trinajstić information content (AvgIpc) is 2.87. The number of hydrogen-bond acceptors (Lipinski definition) is 7. The van der Waals surface area contributed by atoms with Crippen LogP contribution in [0.25, 0.3) is 11.1 Å². The molecule has 2 aromatic rings. The predicted molar refractivity (Wildman–Crippen MR) is 86.3 cm³/mol. The van der Waals surface area contributed by atoms with E-state index in [1.165, 1.54) is 11.8 Å². The molecule has 4 atom stereocenters. The summed E-state index contributed by atoms with van der Waals surface area (Å²) < 4.78 is 11.0. The lowest BCUT2D eigenvalue weighted by atomic mass is 10.0. The summed E-state index contributed by atoms with van der Waals surface area (Å²) >= 11 is 1.27. The van der Waals surface area contributed by atoms with Crippen LogP contribution in [0.1, 0.15) is 11.5 Å². The minimum atomic E-state index is -1.20. The molecule has 0 spiro atoms. The van der Waals surface area contributed by atoms with Crippen LogP contribution in [0.4, 0.5) is 0 Å². The van der Waals surface area contributed by atoms with E-state index in [-0.39, 0.29) is 0 Å². The number of ether oxygens (including phenoxy) is 1. The van der Waals surface area contributed by atoms with Crippen LogP contribution in [-0.2, 0) is 0 Å². The number of aliphatic hydroxyl groups excluding tert-OH is 3. The van der Waals surface area contributed by atoms with Crippen LogP contribution < -0.4 is 4.74 Å². The molecule has 0 amide bonds. The largest absolute Gasteiger partial charge is 0.477 e. The molecule has 1 fully saturated rings. The highest BCUT2D eigenvalue weighted by molar-refractivity contribution is 7.99. The molecule has 2 heterocycles. The van der Waals surface area contributed by atoms with Crippen molar-refractivity contribution in [1.82, 2.24) is 5.16 Å². The standard InChI is InChI=1S/C16H19NO5S/c1-8-13(9(2)22-17-8)10-4-3-5-11(6-10)21-16-15(20)14(19)12(18)7-23-16/h3-6,12,14-16,18-20H,7H2,1-2H3/t12-,14+,15-,16+/m1/s1. The molecule has 0 radical (unpaired) electrons. The van der Waals surface area contributed by atoms with Crippen LogP contribution >= 0.6 is 11.8 Å². The molecule has 0 bridgehead atoms. The molecule has 0 saturated carbocycles. The van der Waals surface area contributed by atoms with Crippen molar-refractivity contribution in [2.75, 3.05) is 5.75 Å². The molecule has 7 heteroatoms. The zero-order valence-corrected chi connectivity index (χ0v) is 13.7. The summed E-state index contributed by atoms with van der Waals surface area (Å²) in [6.45, 7) is 3.72. The normalized spacial score (nSPS) is 27.9. The van der Waals surface area contributed by atoms with Gasteiger partial charge in [-0.05, 0) is 31.5 Å². The highest BCUT2D eigenvalue weighted by atomic mass is 32.2. The Labute approximate surface area is 138 Å². The topological polar surface area (TPSA) is 96.0 Å². The molecule has 6 nitrogen and oxygen atoms in total. The van der Waals surface area contributed by atoms with Gasteiger partial charge in [-0.25, -0.2) is 0 Å². The van der Waals surface area contributed by atoms with Crippen molar-refractivity contribution in [2.45, 2.75) is 37.6 Å². The number of benzene rings is 1. The lowest BCUT2D eigenvalue weighted by molar-refractivity contribution is -0.0786. The summed E-state index contributed by atoms with van der Waals surface area (Å²) in [5.74, 6) is 1.61. The minimum Gasteiger partial charge on any atom is -0.477 e. The van der Waals surface area contributed by atoms with E-state index in [9.17, 15) is 15.3 Å². The van der Waals surface area contributed by atoms with Crippen molar-refractivity contribution in [3.05, 3.63) is 35.7 Å². The molecule has 1 aliphatic rings. The summed E-state index contributed by atoms with van der Waals surface area (Å²) in [5.41, 5.74) is 2.00. The van der Waals surface area contributed by atoms with Gasteiger partial charge in [0.1, 0.15) is 23.7 Å². The van der Waals surface area contributed by atoms with Gasteiger partial charge in [0.25, 0.3) is 0 Å². The second-order valence-corrected chi connectivity index (χ2v) is 6.73. The van der Waals surface area contributed by atoms with Gasteiger partial charge < -0.3 is 24.6 Å². The van der Waals surface area contributed by atoms with E-state index < -0.39 is 23.7 Å². The van der Waals surface area contributed by atoms with Crippen molar-refractivity contribution in [3.63, 3.8) is 0 Å². The molecule has 3 rings (SSSR count). The van der Waals surface area contributed by atoms with Gasteiger partial charge in [0.2, 0.25) is 0 Å². The van der Waals surface area contributed by atoms with Crippen LogP contribution in [0.2, 0.25) is 0 Å². The monoisotopic (exact) mass is 337 g/mol. The maximum Gasteiger partial charge on any atom is 0.173 e. The summed E-state index contributed by atoms with van der Waals surface area (Å²) in [6, 6.07) is 7.41. The number of aryl methyl sites for hydroxylation is 2. The zero-order valence-electron chi connectivity index (χ0n) is 12.8. The number of hydrogen-bond donors (Lipinski definition) is 3. The van der Waals surface area contributed by atoms with Gasteiger partial charge in [-0.15, -0.1) is 11.8 Å². The van der Waals surface area contributed by atoms with Crippen molar-refractivity contribution < 1.29 is 24.6 Å². The third-order valence-corrected chi connectivity index (χ3v) is 5.10. The Morgan fingerprint density at radius 2 is 2.00 bits per heavy atom. The quantitative estimate of drug-likeness (QED) is 0.781. The molecule has 3 N–H and O–H groups in total. The van der Waals surface area contributed by atoms with E-state index in [4.69, 9.17) is 9.26 Å². The van der Waals surface area contributed by atoms with Crippen LogP contribution in [0.3, 0.4) is 0 Å². The summed E-state index contributed by atoms with van der Waals surface area (Å²) in [6.07, 6.45) is -3.29. The van der Waals surface area contributed by atoms with Crippen molar-refractivity contribution in [2.24, 2.45) is 0 Å². The predicted octanol–water partition coefficient (Wildman–Crippen LogP) is 1.49. The fourth-order valence-electron chi connectivity index (χ4n) is 2.64. The van der Waals surface area contributed by atoms with Gasteiger partial charge >= 0.3 is 0 Å². The van der Waals surface area contributed by atoms with Gasteiger partial charge in [0.05, 0.1) is 11.8 Å². The second kappa shape index (κ2) is 6.52. The van der Waals surface area contributed by atoms with Gasteiger partial charge in [-0.2, -0.15) is 0 Å². The van der Waals surface area contributed by atoms with E-state index in [2.05, 4.69) is 5.16 Å². The van der Waals surface area contributed by atoms with Crippen molar-refractivity contribution in [1.29, 1.82) is 0 Å². The molecule has 1 aromatic heterocycles. The molecular formula is C16H19NO5S. The van der Waals surface area contributed by atoms with Crippen molar-refractivity contribution in [3.8, 4) is 16.9 Å². The van der Waals surface area contributed by atoms with Crippen LogP contribution in [0, 0.1) is 13.8 Å². The number of thioether (sulfide) groups is 1. The highest BCUT2D eigenvalue weighted by Crippen LogP contribution is 2.33. The molecule has 124 valence electrons. The van der Waals surface area contributed by atoms with E-state index in [0.29, 0.717) is 11.5 Å². The van der Waals surface area contributed by atoms with E-state index in [1.807, 2.05) is 32.0 Å². The van der Waals surface area contributed by atoms with E-state index >= 15 is 0 Å².